The quantitative estimate of drug-likeness (QED) is 0.552. The van der Waals surface area contributed by atoms with Gasteiger partial charge in [-0.25, -0.2) is 0 Å². The minimum absolute atomic E-state index is 0.0436. The standard InChI is InChI=1S/C22H22N4O3S/c27-20(23-17-8-9-18-19(12-17)29-14-28-18)10-11-30-22-25-24-21(16-6-7-16)26(22)13-15-4-2-1-3-5-15/h1-5,8-9,12,16H,6-7,10-11,13-14H2,(H,23,27). The normalized spacial score (nSPS) is 14.7. The van der Waals surface area contributed by atoms with Crippen LogP contribution in [0.5, 0.6) is 11.5 Å². The molecule has 8 heteroatoms. The number of ether oxygens (including phenoxy) is 2. The van der Waals surface area contributed by atoms with E-state index < -0.39 is 0 Å². The Labute approximate surface area is 178 Å². The highest BCUT2D eigenvalue weighted by Crippen LogP contribution is 2.40. The van der Waals surface area contributed by atoms with E-state index in [1.54, 1.807) is 23.9 Å². The Morgan fingerprint density at radius 1 is 1.10 bits per heavy atom. The third-order valence-electron chi connectivity index (χ3n) is 5.09. The Kier molecular flexibility index (Phi) is 5.31. The minimum Gasteiger partial charge on any atom is -0.454 e. The number of hydrogen-bond donors (Lipinski definition) is 1. The van der Waals surface area contributed by atoms with Crippen molar-refractivity contribution in [2.75, 3.05) is 17.9 Å². The van der Waals surface area contributed by atoms with Crippen molar-refractivity contribution in [3.05, 3.63) is 59.9 Å². The molecule has 1 aliphatic carbocycles. The maximum Gasteiger partial charge on any atom is 0.231 e. The zero-order valence-corrected chi connectivity index (χ0v) is 17.2. The summed E-state index contributed by atoms with van der Waals surface area (Å²) in [5.74, 6) is 3.53. The molecule has 3 aromatic rings. The smallest absolute Gasteiger partial charge is 0.231 e. The summed E-state index contributed by atoms with van der Waals surface area (Å²) in [5, 5.41) is 12.6. The number of fused-ring (bicyclic) bond motifs is 1. The van der Waals surface area contributed by atoms with Crippen LogP contribution in [0.3, 0.4) is 0 Å². The first-order valence-electron chi connectivity index (χ1n) is 10.1. The van der Waals surface area contributed by atoms with Gasteiger partial charge < -0.3 is 19.4 Å². The van der Waals surface area contributed by atoms with Gasteiger partial charge in [-0.05, 0) is 30.5 Å². The zero-order valence-electron chi connectivity index (χ0n) is 16.4. The van der Waals surface area contributed by atoms with Gasteiger partial charge >= 0.3 is 0 Å². The van der Waals surface area contributed by atoms with Gasteiger partial charge in [0.15, 0.2) is 16.7 Å². The van der Waals surface area contributed by atoms with Crippen LogP contribution in [0.1, 0.15) is 36.6 Å². The summed E-state index contributed by atoms with van der Waals surface area (Å²) in [6, 6.07) is 15.7. The highest BCUT2D eigenvalue weighted by Gasteiger charge is 2.30. The van der Waals surface area contributed by atoms with Gasteiger partial charge in [-0.1, -0.05) is 42.1 Å². The fourth-order valence-electron chi connectivity index (χ4n) is 3.40. The van der Waals surface area contributed by atoms with Crippen LogP contribution in [0.25, 0.3) is 0 Å². The Hall–Kier alpha value is -3.00. The molecular weight excluding hydrogens is 400 g/mol. The number of benzene rings is 2. The van der Waals surface area contributed by atoms with Crippen LogP contribution < -0.4 is 14.8 Å². The van der Waals surface area contributed by atoms with Crippen LogP contribution in [0.15, 0.2) is 53.7 Å². The van der Waals surface area contributed by atoms with E-state index in [1.807, 2.05) is 24.3 Å². The molecule has 0 saturated heterocycles. The fraction of sp³-hybridized carbons (Fsp3) is 0.318. The molecule has 2 heterocycles. The monoisotopic (exact) mass is 422 g/mol. The zero-order chi connectivity index (χ0) is 20.3. The van der Waals surface area contributed by atoms with Crippen molar-refractivity contribution in [3.63, 3.8) is 0 Å². The molecule has 2 aromatic carbocycles. The number of amides is 1. The number of anilines is 1. The fourth-order valence-corrected chi connectivity index (χ4v) is 4.28. The molecule has 2 aliphatic rings. The molecule has 1 fully saturated rings. The second-order valence-electron chi connectivity index (χ2n) is 7.40. The van der Waals surface area contributed by atoms with Crippen molar-refractivity contribution in [2.24, 2.45) is 0 Å². The van der Waals surface area contributed by atoms with Crippen LogP contribution in [-0.2, 0) is 11.3 Å². The summed E-state index contributed by atoms with van der Waals surface area (Å²) in [6.07, 6.45) is 2.74. The third kappa shape index (κ3) is 4.28. The molecule has 7 nitrogen and oxygen atoms in total. The number of hydrogen-bond acceptors (Lipinski definition) is 6. The second-order valence-corrected chi connectivity index (χ2v) is 8.46. The Morgan fingerprint density at radius 3 is 2.77 bits per heavy atom. The first kappa shape index (κ1) is 19.0. The predicted molar refractivity (Wildman–Crippen MR) is 114 cm³/mol. The van der Waals surface area contributed by atoms with Crippen molar-refractivity contribution < 1.29 is 14.3 Å². The number of aromatic nitrogens is 3. The second kappa shape index (κ2) is 8.39. The molecule has 1 saturated carbocycles. The molecule has 0 spiro atoms. The van der Waals surface area contributed by atoms with Crippen molar-refractivity contribution in [2.45, 2.75) is 36.9 Å². The van der Waals surface area contributed by atoms with Crippen LogP contribution >= 0.6 is 11.8 Å². The van der Waals surface area contributed by atoms with Gasteiger partial charge in [-0.3, -0.25) is 4.79 Å². The van der Waals surface area contributed by atoms with E-state index in [9.17, 15) is 4.79 Å². The van der Waals surface area contributed by atoms with E-state index in [1.165, 1.54) is 18.4 Å². The summed E-state index contributed by atoms with van der Waals surface area (Å²) in [6.45, 7) is 0.973. The molecule has 0 unspecified atom stereocenters. The first-order chi connectivity index (χ1) is 14.8. The van der Waals surface area contributed by atoms with E-state index in [0.717, 1.165) is 17.5 Å². The average Bonchev–Trinajstić information content (AvgIpc) is 3.36. The molecule has 0 atom stereocenters. The Bertz CT molecular complexity index is 1050. The molecule has 1 amide bonds. The molecule has 154 valence electrons. The Balaban J connectivity index is 1.19. The maximum absolute atomic E-state index is 12.4. The molecule has 1 aliphatic heterocycles. The van der Waals surface area contributed by atoms with Gasteiger partial charge in [-0.2, -0.15) is 0 Å². The number of thioether (sulfide) groups is 1. The van der Waals surface area contributed by atoms with Gasteiger partial charge in [0, 0.05) is 29.8 Å². The summed E-state index contributed by atoms with van der Waals surface area (Å²) < 4.78 is 12.9. The molecular formula is C22H22N4O3S. The SMILES string of the molecule is O=C(CCSc1nnc(C2CC2)n1Cc1ccccc1)Nc1ccc2c(c1)OCO2. The van der Waals surface area contributed by atoms with Crippen LogP contribution in [0, 0.1) is 0 Å². The summed E-state index contributed by atoms with van der Waals surface area (Å²) in [7, 11) is 0. The maximum atomic E-state index is 12.4. The van der Waals surface area contributed by atoms with Crippen molar-refractivity contribution in [1.29, 1.82) is 0 Å². The van der Waals surface area contributed by atoms with Gasteiger partial charge in [-0.15, -0.1) is 10.2 Å². The Morgan fingerprint density at radius 2 is 1.93 bits per heavy atom. The van der Waals surface area contributed by atoms with Crippen molar-refractivity contribution >= 4 is 23.4 Å². The average molecular weight is 423 g/mol. The molecule has 0 radical (unpaired) electrons. The third-order valence-corrected chi connectivity index (χ3v) is 6.06. The van der Waals surface area contributed by atoms with E-state index in [2.05, 4.69) is 32.2 Å². The predicted octanol–water partition coefficient (Wildman–Crippen LogP) is 4.05. The van der Waals surface area contributed by atoms with Crippen molar-refractivity contribution in [3.8, 4) is 11.5 Å². The van der Waals surface area contributed by atoms with Gasteiger partial charge in [0.2, 0.25) is 12.7 Å². The molecule has 5 rings (SSSR count). The minimum atomic E-state index is -0.0436. The largest absolute Gasteiger partial charge is 0.454 e. The summed E-state index contributed by atoms with van der Waals surface area (Å²) >= 11 is 1.58. The topological polar surface area (TPSA) is 78.3 Å². The van der Waals surface area contributed by atoms with Crippen LogP contribution in [-0.4, -0.2) is 33.2 Å². The van der Waals surface area contributed by atoms with Gasteiger partial charge in [0.25, 0.3) is 0 Å². The van der Waals surface area contributed by atoms with Gasteiger partial charge in [0.05, 0.1) is 6.54 Å². The summed E-state index contributed by atoms with van der Waals surface area (Å²) in [5.41, 5.74) is 1.93. The van der Waals surface area contributed by atoms with E-state index in [-0.39, 0.29) is 12.7 Å². The lowest BCUT2D eigenvalue weighted by Crippen LogP contribution is -2.12. The number of carbonyl (C=O) groups excluding carboxylic acids is 1. The van der Waals surface area contributed by atoms with Gasteiger partial charge in [0.1, 0.15) is 5.82 Å². The number of nitrogens with one attached hydrogen (secondary N) is 1. The molecule has 1 N–H and O–H groups in total. The van der Waals surface area contributed by atoms with Crippen molar-refractivity contribution in [1.82, 2.24) is 14.8 Å². The lowest BCUT2D eigenvalue weighted by Gasteiger charge is -2.10. The first-order valence-corrected chi connectivity index (χ1v) is 11.0. The lowest BCUT2D eigenvalue weighted by atomic mass is 10.2. The van der Waals surface area contributed by atoms with E-state index >= 15 is 0 Å². The van der Waals surface area contributed by atoms with E-state index in [0.29, 0.717) is 35.3 Å². The summed E-state index contributed by atoms with van der Waals surface area (Å²) in [4.78, 5) is 12.4. The van der Waals surface area contributed by atoms with Crippen LogP contribution in [0.4, 0.5) is 5.69 Å². The van der Waals surface area contributed by atoms with Crippen LogP contribution in [0.2, 0.25) is 0 Å². The van der Waals surface area contributed by atoms with E-state index in [4.69, 9.17) is 9.47 Å². The number of nitrogens with zero attached hydrogens (tertiary/aromatic N) is 3. The number of rotatable bonds is 8. The highest BCUT2D eigenvalue weighted by molar-refractivity contribution is 7.99. The molecule has 30 heavy (non-hydrogen) atoms. The number of carbonyl (C=O) groups is 1. The molecule has 1 aromatic heterocycles. The lowest BCUT2D eigenvalue weighted by molar-refractivity contribution is -0.115. The highest BCUT2D eigenvalue weighted by atomic mass is 32.2. The molecule has 0 bridgehead atoms.